The monoisotopic (exact) mass is 373 g/mol. The Bertz CT molecular complexity index is 793. The predicted octanol–water partition coefficient (Wildman–Crippen LogP) is 3.07. The zero-order valence-electron chi connectivity index (χ0n) is 15.8. The van der Waals surface area contributed by atoms with Crippen LogP contribution in [0.4, 0.5) is 5.69 Å². The lowest BCUT2D eigenvalue weighted by Crippen LogP contribution is -2.13. The average molecular weight is 373 g/mol. The Morgan fingerprint density at radius 3 is 2.15 bits per heavy atom. The van der Waals surface area contributed by atoms with Crippen LogP contribution in [-0.4, -0.2) is 40.3 Å². The second-order valence-electron chi connectivity index (χ2n) is 5.65. The molecule has 0 spiro atoms. The molecule has 7 heteroatoms. The normalized spacial score (nSPS) is 10.1. The summed E-state index contributed by atoms with van der Waals surface area (Å²) in [5.41, 5.74) is 1.79. The van der Waals surface area contributed by atoms with Crippen molar-refractivity contribution in [3.8, 4) is 17.2 Å². The maximum atomic E-state index is 12.3. The van der Waals surface area contributed by atoms with Crippen molar-refractivity contribution in [1.82, 2.24) is 0 Å². The molecule has 2 aromatic rings. The number of esters is 1. The summed E-state index contributed by atoms with van der Waals surface area (Å²) >= 11 is 0. The summed E-state index contributed by atoms with van der Waals surface area (Å²) in [5.74, 6) is 0.957. The lowest BCUT2D eigenvalue weighted by Gasteiger charge is -2.14. The first-order valence-electron chi connectivity index (χ1n) is 8.29. The molecule has 1 amide bonds. The van der Waals surface area contributed by atoms with Crippen molar-refractivity contribution >= 4 is 17.6 Å². The molecule has 144 valence electrons. The number of carbonyl (C=O) groups is 2. The van der Waals surface area contributed by atoms with E-state index in [9.17, 15) is 9.59 Å². The number of benzene rings is 2. The molecule has 7 nitrogen and oxygen atoms in total. The van der Waals surface area contributed by atoms with Crippen LogP contribution in [0.1, 0.15) is 22.3 Å². The SMILES string of the molecule is COC(=O)c1cccc(NC(=O)CCc2cc(OC)c(OC)c(OC)c2)c1. The van der Waals surface area contributed by atoms with E-state index < -0.39 is 5.97 Å². The van der Waals surface area contributed by atoms with Crippen LogP contribution in [-0.2, 0) is 16.0 Å². The molecule has 2 rings (SSSR count). The van der Waals surface area contributed by atoms with Gasteiger partial charge in [-0.3, -0.25) is 4.79 Å². The number of amides is 1. The molecule has 0 bridgehead atoms. The fourth-order valence-electron chi connectivity index (χ4n) is 2.60. The van der Waals surface area contributed by atoms with Gasteiger partial charge in [-0.25, -0.2) is 4.79 Å². The summed E-state index contributed by atoms with van der Waals surface area (Å²) in [5, 5.41) is 2.78. The molecule has 0 unspecified atom stereocenters. The summed E-state index contributed by atoms with van der Waals surface area (Å²) in [6, 6.07) is 10.2. The number of aryl methyl sites for hydroxylation is 1. The van der Waals surface area contributed by atoms with Gasteiger partial charge in [-0.05, 0) is 42.3 Å². The van der Waals surface area contributed by atoms with Gasteiger partial charge in [0.05, 0.1) is 34.0 Å². The molecule has 2 aromatic carbocycles. The van der Waals surface area contributed by atoms with Crippen LogP contribution in [0.15, 0.2) is 36.4 Å². The number of methoxy groups -OCH3 is 4. The van der Waals surface area contributed by atoms with Crippen molar-refractivity contribution < 1.29 is 28.5 Å². The Hall–Kier alpha value is -3.22. The maximum absolute atomic E-state index is 12.3. The van der Waals surface area contributed by atoms with E-state index in [0.29, 0.717) is 34.9 Å². The maximum Gasteiger partial charge on any atom is 0.337 e. The second kappa shape index (κ2) is 9.47. The molecule has 0 radical (unpaired) electrons. The van der Waals surface area contributed by atoms with Gasteiger partial charge in [0.15, 0.2) is 11.5 Å². The average Bonchev–Trinajstić information content (AvgIpc) is 2.70. The highest BCUT2D eigenvalue weighted by molar-refractivity contribution is 5.94. The number of anilines is 1. The first-order valence-corrected chi connectivity index (χ1v) is 8.29. The first-order chi connectivity index (χ1) is 13.0. The summed E-state index contributed by atoms with van der Waals surface area (Å²) in [4.78, 5) is 23.8. The summed E-state index contributed by atoms with van der Waals surface area (Å²) in [6.45, 7) is 0. The summed E-state index contributed by atoms with van der Waals surface area (Å²) in [6.07, 6.45) is 0.736. The Kier molecular flexibility index (Phi) is 7.05. The van der Waals surface area contributed by atoms with Gasteiger partial charge in [0.2, 0.25) is 11.7 Å². The Morgan fingerprint density at radius 1 is 0.926 bits per heavy atom. The van der Waals surface area contributed by atoms with Crippen molar-refractivity contribution in [3.05, 3.63) is 47.5 Å². The topological polar surface area (TPSA) is 83.1 Å². The lowest BCUT2D eigenvalue weighted by molar-refractivity contribution is -0.116. The van der Waals surface area contributed by atoms with Crippen molar-refractivity contribution in [2.75, 3.05) is 33.8 Å². The fraction of sp³-hybridized carbons (Fsp3) is 0.300. The third-order valence-corrected chi connectivity index (χ3v) is 3.93. The van der Waals surface area contributed by atoms with Crippen LogP contribution in [0.3, 0.4) is 0 Å². The predicted molar refractivity (Wildman–Crippen MR) is 101 cm³/mol. The van der Waals surface area contributed by atoms with E-state index in [-0.39, 0.29) is 12.3 Å². The summed E-state index contributed by atoms with van der Waals surface area (Å²) in [7, 11) is 5.94. The van der Waals surface area contributed by atoms with Crippen LogP contribution in [0.25, 0.3) is 0 Å². The van der Waals surface area contributed by atoms with Gasteiger partial charge < -0.3 is 24.3 Å². The standard InChI is InChI=1S/C20H23NO6/c1-24-16-10-13(11-17(25-2)19(16)26-3)8-9-18(22)21-15-7-5-6-14(12-15)20(23)27-4/h5-7,10-12H,8-9H2,1-4H3,(H,21,22). The Morgan fingerprint density at radius 2 is 1.59 bits per heavy atom. The second-order valence-corrected chi connectivity index (χ2v) is 5.65. The molecule has 0 aliphatic carbocycles. The highest BCUT2D eigenvalue weighted by Crippen LogP contribution is 2.38. The number of carbonyl (C=O) groups excluding carboxylic acids is 2. The molecule has 0 heterocycles. The van der Waals surface area contributed by atoms with Crippen LogP contribution in [0, 0.1) is 0 Å². The molecule has 27 heavy (non-hydrogen) atoms. The van der Waals surface area contributed by atoms with E-state index >= 15 is 0 Å². The molecule has 1 N–H and O–H groups in total. The minimum absolute atomic E-state index is 0.175. The van der Waals surface area contributed by atoms with E-state index in [0.717, 1.165) is 5.56 Å². The van der Waals surface area contributed by atoms with Crippen LogP contribution in [0.2, 0.25) is 0 Å². The molecule has 0 atom stereocenters. The first kappa shape index (κ1) is 20.1. The molecule has 0 aliphatic heterocycles. The minimum Gasteiger partial charge on any atom is -0.493 e. The molecular weight excluding hydrogens is 350 g/mol. The highest BCUT2D eigenvalue weighted by Gasteiger charge is 2.14. The molecule has 0 saturated heterocycles. The van der Waals surface area contributed by atoms with Gasteiger partial charge in [-0.2, -0.15) is 0 Å². The van der Waals surface area contributed by atoms with E-state index in [2.05, 4.69) is 10.1 Å². The van der Waals surface area contributed by atoms with Crippen molar-refractivity contribution in [2.24, 2.45) is 0 Å². The largest absolute Gasteiger partial charge is 0.493 e. The lowest BCUT2D eigenvalue weighted by atomic mass is 10.1. The van der Waals surface area contributed by atoms with Crippen molar-refractivity contribution in [1.29, 1.82) is 0 Å². The van der Waals surface area contributed by atoms with Gasteiger partial charge in [0.1, 0.15) is 0 Å². The van der Waals surface area contributed by atoms with Crippen LogP contribution < -0.4 is 19.5 Å². The van der Waals surface area contributed by atoms with E-state index in [1.54, 1.807) is 38.5 Å². The van der Waals surface area contributed by atoms with Gasteiger partial charge >= 0.3 is 5.97 Å². The zero-order chi connectivity index (χ0) is 19.8. The molecule has 0 fully saturated rings. The highest BCUT2D eigenvalue weighted by atomic mass is 16.5. The van der Waals surface area contributed by atoms with Crippen molar-refractivity contribution in [3.63, 3.8) is 0 Å². The molecule has 0 saturated carbocycles. The number of nitrogens with one attached hydrogen (secondary N) is 1. The van der Waals surface area contributed by atoms with Gasteiger partial charge in [-0.1, -0.05) is 6.07 Å². The quantitative estimate of drug-likeness (QED) is 0.716. The smallest absolute Gasteiger partial charge is 0.337 e. The Labute approximate surface area is 158 Å². The number of hydrogen-bond donors (Lipinski definition) is 1. The van der Waals surface area contributed by atoms with E-state index in [1.165, 1.54) is 14.2 Å². The van der Waals surface area contributed by atoms with Crippen molar-refractivity contribution in [2.45, 2.75) is 12.8 Å². The van der Waals surface area contributed by atoms with Gasteiger partial charge in [0.25, 0.3) is 0 Å². The third-order valence-electron chi connectivity index (χ3n) is 3.93. The number of rotatable bonds is 8. The fourth-order valence-corrected chi connectivity index (χ4v) is 2.60. The van der Waals surface area contributed by atoms with E-state index in [4.69, 9.17) is 14.2 Å². The molecular formula is C20H23NO6. The summed E-state index contributed by atoms with van der Waals surface area (Å²) < 4.78 is 20.6. The van der Waals surface area contributed by atoms with Crippen LogP contribution >= 0.6 is 0 Å². The number of hydrogen-bond acceptors (Lipinski definition) is 6. The Balaban J connectivity index is 2.04. The van der Waals surface area contributed by atoms with Gasteiger partial charge in [-0.15, -0.1) is 0 Å². The molecule has 0 aromatic heterocycles. The number of ether oxygens (including phenoxy) is 4. The third kappa shape index (κ3) is 5.13. The molecule has 0 aliphatic rings. The van der Waals surface area contributed by atoms with Gasteiger partial charge in [0, 0.05) is 12.1 Å². The minimum atomic E-state index is -0.455. The zero-order valence-corrected chi connectivity index (χ0v) is 15.8. The van der Waals surface area contributed by atoms with Crippen LogP contribution in [0.5, 0.6) is 17.2 Å². The van der Waals surface area contributed by atoms with E-state index in [1.807, 2.05) is 12.1 Å².